The second-order valence-corrected chi connectivity index (χ2v) is 8.66. The SMILES string of the molecule is CC(C)c1cc2c(c(-c3nc(C(C)C)c(C(C)C)s3)c1)[N]C(=S)N2. The molecule has 3 nitrogen and oxygen atoms in total. The lowest BCUT2D eigenvalue weighted by Gasteiger charge is -2.11. The molecule has 0 aliphatic carbocycles. The monoisotopic (exact) mass is 358 g/mol. The summed E-state index contributed by atoms with van der Waals surface area (Å²) >= 11 is 7.06. The van der Waals surface area contributed by atoms with Gasteiger partial charge >= 0.3 is 0 Å². The molecule has 1 radical (unpaired) electrons. The highest BCUT2D eigenvalue weighted by atomic mass is 32.1. The molecular formula is C19H24N3S2. The van der Waals surface area contributed by atoms with E-state index in [9.17, 15) is 0 Å². The van der Waals surface area contributed by atoms with Gasteiger partial charge in [-0.2, -0.15) is 0 Å². The van der Waals surface area contributed by atoms with E-state index in [0.29, 0.717) is 22.9 Å². The average molecular weight is 359 g/mol. The van der Waals surface area contributed by atoms with Gasteiger partial charge in [0.2, 0.25) is 0 Å². The summed E-state index contributed by atoms with van der Waals surface area (Å²) in [5, 5.41) is 9.35. The van der Waals surface area contributed by atoms with Crippen LogP contribution in [0.4, 0.5) is 11.4 Å². The molecule has 0 amide bonds. The van der Waals surface area contributed by atoms with Gasteiger partial charge in [0.25, 0.3) is 0 Å². The molecule has 2 aromatic rings. The lowest BCUT2D eigenvalue weighted by atomic mass is 9.98. The maximum absolute atomic E-state index is 5.26. The van der Waals surface area contributed by atoms with Crippen molar-refractivity contribution in [1.29, 1.82) is 0 Å². The summed E-state index contributed by atoms with van der Waals surface area (Å²) in [6.45, 7) is 13.3. The average Bonchev–Trinajstić information content (AvgIpc) is 3.08. The van der Waals surface area contributed by atoms with Gasteiger partial charge in [0, 0.05) is 10.4 Å². The van der Waals surface area contributed by atoms with Crippen molar-refractivity contribution in [2.45, 2.75) is 59.3 Å². The van der Waals surface area contributed by atoms with Crippen molar-refractivity contribution in [3.8, 4) is 10.6 Å². The number of benzene rings is 1. The van der Waals surface area contributed by atoms with Crippen LogP contribution in [0.2, 0.25) is 0 Å². The molecule has 0 unspecified atom stereocenters. The van der Waals surface area contributed by atoms with Crippen molar-refractivity contribution >= 4 is 40.0 Å². The summed E-state index contributed by atoms with van der Waals surface area (Å²) in [5.41, 5.74) is 5.53. The Hall–Kier alpha value is -1.46. The van der Waals surface area contributed by atoms with Crippen LogP contribution in [0.5, 0.6) is 0 Å². The van der Waals surface area contributed by atoms with Crippen LogP contribution in [0.1, 0.15) is 75.4 Å². The Bertz CT molecular complexity index is 763. The Kier molecular flexibility index (Phi) is 4.67. The molecule has 127 valence electrons. The summed E-state index contributed by atoms with van der Waals surface area (Å²) in [6, 6.07) is 4.39. The first kappa shape index (κ1) is 17.4. The maximum Gasteiger partial charge on any atom is 0.197 e. The Labute approximate surface area is 153 Å². The molecule has 0 saturated carbocycles. The highest BCUT2D eigenvalue weighted by Crippen LogP contribution is 2.44. The Morgan fingerprint density at radius 1 is 1.00 bits per heavy atom. The normalized spacial score (nSPS) is 13.6. The highest BCUT2D eigenvalue weighted by molar-refractivity contribution is 7.80. The quantitative estimate of drug-likeness (QED) is 0.669. The van der Waals surface area contributed by atoms with Crippen LogP contribution in [-0.2, 0) is 0 Å². The predicted octanol–water partition coefficient (Wildman–Crippen LogP) is 6.13. The molecule has 1 aliphatic heterocycles. The molecule has 0 atom stereocenters. The van der Waals surface area contributed by atoms with E-state index in [1.807, 2.05) is 0 Å². The summed E-state index contributed by atoms with van der Waals surface area (Å²) in [6.07, 6.45) is 0. The molecule has 0 saturated heterocycles. The number of hydrogen-bond donors (Lipinski definition) is 1. The lowest BCUT2D eigenvalue weighted by Crippen LogP contribution is -2.08. The third-order valence-corrected chi connectivity index (χ3v) is 5.83. The Balaban J connectivity index is 2.19. The molecule has 1 N–H and O–H groups in total. The summed E-state index contributed by atoms with van der Waals surface area (Å²) in [5.74, 6) is 1.34. The highest BCUT2D eigenvalue weighted by Gasteiger charge is 2.26. The van der Waals surface area contributed by atoms with E-state index in [4.69, 9.17) is 17.2 Å². The minimum absolute atomic E-state index is 0.421. The van der Waals surface area contributed by atoms with Crippen LogP contribution < -0.4 is 10.6 Å². The number of aromatic nitrogens is 1. The third-order valence-electron chi connectivity index (χ3n) is 4.24. The molecule has 1 aromatic heterocycles. The summed E-state index contributed by atoms with van der Waals surface area (Å²) in [7, 11) is 0. The van der Waals surface area contributed by atoms with E-state index in [1.165, 1.54) is 16.1 Å². The van der Waals surface area contributed by atoms with Gasteiger partial charge in [0.1, 0.15) is 10.7 Å². The van der Waals surface area contributed by atoms with Crippen molar-refractivity contribution in [2.75, 3.05) is 5.32 Å². The lowest BCUT2D eigenvalue weighted by molar-refractivity contribution is 0.781. The van der Waals surface area contributed by atoms with Crippen LogP contribution >= 0.6 is 23.6 Å². The van der Waals surface area contributed by atoms with Gasteiger partial charge in [-0.05, 0) is 47.7 Å². The minimum atomic E-state index is 0.421. The maximum atomic E-state index is 5.26. The van der Waals surface area contributed by atoms with Crippen molar-refractivity contribution in [3.63, 3.8) is 0 Å². The van der Waals surface area contributed by atoms with Gasteiger partial charge in [-0.15, -0.1) is 11.3 Å². The first-order chi connectivity index (χ1) is 11.3. The first-order valence-electron chi connectivity index (χ1n) is 8.49. The Morgan fingerprint density at radius 2 is 1.71 bits per heavy atom. The number of anilines is 1. The number of thiocarbonyl (C=S) groups is 1. The van der Waals surface area contributed by atoms with Gasteiger partial charge < -0.3 is 5.32 Å². The van der Waals surface area contributed by atoms with E-state index >= 15 is 0 Å². The van der Waals surface area contributed by atoms with Crippen LogP contribution in [0.15, 0.2) is 12.1 Å². The van der Waals surface area contributed by atoms with E-state index in [-0.39, 0.29) is 0 Å². The van der Waals surface area contributed by atoms with Crippen molar-refractivity contribution in [1.82, 2.24) is 10.3 Å². The predicted molar refractivity (Wildman–Crippen MR) is 108 cm³/mol. The van der Waals surface area contributed by atoms with Gasteiger partial charge in [-0.3, -0.25) is 0 Å². The second kappa shape index (κ2) is 6.45. The first-order valence-corrected chi connectivity index (χ1v) is 9.72. The molecule has 1 aliphatic rings. The molecule has 5 heteroatoms. The van der Waals surface area contributed by atoms with Gasteiger partial charge in [0.15, 0.2) is 5.11 Å². The second-order valence-electron chi connectivity index (χ2n) is 7.24. The van der Waals surface area contributed by atoms with Crippen LogP contribution in [-0.4, -0.2) is 10.1 Å². The third kappa shape index (κ3) is 3.07. The molecule has 0 spiro atoms. The van der Waals surface area contributed by atoms with Crippen LogP contribution in [0.3, 0.4) is 0 Å². The van der Waals surface area contributed by atoms with Crippen molar-refractivity contribution < 1.29 is 0 Å². The van der Waals surface area contributed by atoms with Gasteiger partial charge in [-0.1, -0.05) is 41.5 Å². The fourth-order valence-electron chi connectivity index (χ4n) is 2.90. The van der Waals surface area contributed by atoms with Crippen molar-refractivity contribution in [2.24, 2.45) is 0 Å². The number of thiazole rings is 1. The number of nitrogens with one attached hydrogen (secondary N) is 1. The zero-order valence-corrected chi connectivity index (χ0v) is 16.7. The molecule has 0 bridgehead atoms. The van der Waals surface area contributed by atoms with E-state index < -0.39 is 0 Å². The van der Waals surface area contributed by atoms with E-state index in [1.54, 1.807) is 11.3 Å². The number of hydrogen-bond acceptors (Lipinski definition) is 3. The van der Waals surface area contributed by atoms with E-state index in [2.05, 4.69) is 64.3 Å². The molecule has 3 rings (SSSR count). The van der Waals surface area contributed by atoms with Gasteiger partial charge in [0.05, 0.1) is 11.4 Å². The van der Waals surface area contributed by atoms with E-state index in [0.717, 1.165) is 21.9 Å². The van der Waals surface area contributed by atoms with Crippen LogP contribution in [0.25, 0.3) is 10.6 Å². The topological polar surface area (TPSA) is 39.0 Å². The molecule has 1 aromatic carbocycles. The summed E-state index contributed by atoms with van der Waals surface area (Å²) in [4.78, 5) is 6.36. The van der Waals surface area contributed by atoms with Crippen LogP contribution in [0, 0.1) is 0 Å². The standard InChI is InChI=1S/C19H24N3S2/c1-9(2)12-7-13(16-14(8-12)20-19(23)22-16)18-21-15(10(3)4)17(24-18)11(5)6/h7-11H,1-6H3,(H,20,23). The molecule has 2 heterocycles. The Morgan fingerprint density at radius 3 is 2.25 bits per heavy atom. The molecule has 24 heavy (non-hydrogen) atoms. The number of nitrogens with zero attached hydrogens (tertiary/aromatic N) is 2. The number of fused-ring (bicyclic) bond motifs is 1. The minimum Gasteiger partial charge on any atom is -0.329 e. The number of rotatable bonds is 4. The zero-order valence-electron chi connectivity index (χ0n) is 15.1. The zero-order chi connectivity index (χ0) is 17.6. The smallest absolute Gasteiger partial charge is 0.197 e. The summed E-state index contributed by atoms with van der Waals surface area (Å²) < 4.78 is 0. The fraction of sp³-hybridized carbons (Fsp3) is 0.474. The fourth-order valence-corrected chi connectivity index (χ4v) is 4.34. The van der Waals surface area contributed by atoms with Crippen molar-refractivity contribution in [3.05, 3.63) is 28.3 Å². The van der Waals surface area contributed by atoms with Gasteiger partial charge in [-0.25, -0.2) is 10.3 Å². The molecule has 0 fully saturated rings. The largest absolute Gasteiger partial charge is 0.329 e. The molecular weight excluding hydrogens is 334 g/mol.